The number of hydrogen-bond donors (Lipinski definition) is 1. The number of ether oxygens (including phenoxy) is 2. The van der Waals surface area contributed by atoms with Crippen LogP contribution in [0.1, 0.15) is 34.6 Å². The number of quaternary nitrogens is 1. The third kappa shape index (κ3) is 8.44. The Hall–Kier alpha value is -0.650. The fraction of sp³-hybridized carbons (Fsp3) is 0.923. The summed E-state index contributed by atoms with van der Waals surface area (Å²) in [5.74, 6) is -0.0896. The van der Waals surface area contributed by atoms with Crippen molar-refractivity contribution < 1.29 is 19.3 Å². The molecule has 5 heteroatoms. The summed E-state index contributed by atoms with van der Waals surface area (Å²) in [7, 11) is 0. The van der Waals surface area contributed by atoms with Crippen LogP contribution in [0.15, 0.2) is 0 Å². The van der Waals surface area contributed by atoms with Crippen LogP contribution in [0.3, 0.4) is 0 Å². The van der Waals surface area contributed by atoms with Gasteiger partial charge < -0.3 is 19.7 Å². The zero-order valence-corrected chi connectivity index (χ0v) is 12.2. The number of nitrogens with one attached hydrogen (secondary N) is 1. The molecule has 2 atom stereocenters. The van der Waals surface area contributed by atoms with E-state index in [0.29, 0.717) is 13.2 Å². The first-order valence-electron chi connectivity index (χ1n) is 6.64. The molecule has 18 heavy (non-hydrogen) atoms. The normalized spacial score (nSPS) is 14.9. The van der Waals surface area contributed by atoms with Gasteiger partial charge in [0.2, 0.25) is 0 Å². The quantitative estimate of drug-likeness (QED) is 0.488. The van der Waals surface area contributed by atoms with Gasteiger partial charge in [-0.2, -0.15) is 0 Å². The molecule has 0 aromatic rings. The molecule has 0 aromatic heterocycles. The fourth-order valence-corrected chi connectivity index (χ4v) is 1.20. The van der Waals surface area contributed by atoms with E-state index in [4.69, 9.17) is 9.47 Å². The average Bonchev–Trinajstić information content (AvgIpc) is 2.27. The van der Waals surface area contributed by atoms with Crippen LogP contribution in [0, 0.1) is 17.0 Å². The second-order valence-corrected chi connectivity index (χ2v) is 5.16. The maximum Gasteiger partial charge on any atom is 0.309 e. The lowest BCUT2D eigenvalue weighted by Gasteiger charge is -2.23. The van der Waals surface area contributed by atoms with Gasteiger partial charge in [-0.1, -0.05) is 20.8 Å². The van der Waals surface area contributed by atoms with Gasteiger partial charge in [0.25, 0.3) is 0 Å². The molecule has 2 unspecified atom stereocenters. The summed E-state index contributed by atoms with van der Waals surface area (Å²) in [5.41, 5.74) is 0. The van der Waals surface area contributed by atoms with Crippen LogP contribution < -0.4 is 5.06 Å². The van der Waals surface area contributed by atoms with Gasteiger partial charge in [0.05, 0.1) is 18.6 Å². The van der Waals surface area contributed by atoms with Gasteiger partial charge in [0.15, 0.2) is 0 Å². The summed E-state index contributed by atoms with van der Waals surface area (Å²) < 4.78 is 10.3. The van der Waals surface area contributed by atoms with Gasteiger partial charge in [-0.25, -0.2) is 0 Å². The van der Waals surface area contributed by atoms with Crippen molar-refractivity contribution >= 4 is 5.97 Å². The van der Waals surface area contributed by atoms with E-state index in [-0.39, 0.29) is 42.1 Å². The molecule has 1 N–H and O–H groups in total. The topological polar surface area (TPSA) is 63.0 Å². The first kappa shape index (κ1) is 17.4. The maximum atomic E-state index is 11.5. The van der Waals surface area contributed by atoms with Crippen molar-refractivity contribution in [3.63, 3.8) is 0 Å². The summed E-state index contributed by atoms with van der Waals surface area (Å²) in [5, 5.41) is 11.5. The Balaban J connectivity index is 3.61. The van der Waals surface area contributed by atoms with Crippen molar-refractivity contribution in [1.82, 2.24) is 0 Å². The van der Waals surface area contributed by atoms with Crippen molar-refractivity contribution in [3.05, 3.63) is 5.21 Å². The largest absolute Gasteiger partial charge is 0.634 e. The van der Waals surface area contributed by atoms with Crippen LogP contribution in [-0.2, 0) is 14.3 Å². The zero-order valence-electron chi connectivity index (χ0n) is 12.2. The highest BCUT2D eigenvalue weighted by Crippen LogP contribution is 2.10. The maximum absolute atomic E-state index is 11.5. The van der Waals surface area contributed by atoms with Crippen molar-refractivity contribution in [3.8, 4) is 0 Å². The smallest absolute Gasteiger partial charge is 0.309 e. The summed E-state index contributed by atoms with van der Waals surface area (Å²) in [4.78, 5) is 11.5. The van der Waals surface area contributed by atoms with Crippen molar-refractivity contribution in [2.45, 2.75) is 40.7 Å². The van der Waals surface area contributed by atoms with E-state index in [1.165, 1.54) is 0 Å². The minimum absolute atomic E-state index is 0.0700. The number of hydroxylamine groups is 2. The molecule has 0 radical (unpaired) electrons. The van der Waals surface area contributed by atoms with E-state index < -0.39 is 0 Å². The molecule has 5 nitrogen and oxygen atoms in total. The van der Waals surface area contributed by atoms with E-state index in [1.54, 1.807) is 0 Å². The van der Waals surface area contributed by atoms with Crippen LogP contribution in [0.5, 0.6) is 0 Å². The minimum Gasteiger partial charge on any atom is -0.634 e. The fourth-order valence-electron chi connectivity index (χ4n) is 1.20. The first-order chi connectivity index (χ1) is 8.34. The molecule has 0 rings (SSSR count). The summed E-state index contributed by atoms with van der Waals surface area (Å²) in [6.45, 7) is 10.9. The Kier molecular flexibility index (Phi) is 8.97. The highest BCUT2D eigenvalue weighted by molar-refractivity contribution is 5.72. The molecule has 0 aliphatic rings. The number of hydrogen-bond acceptors (Lipinski definition) is 4. The zero-order chi connectivity index (χ0) is 14.1. The molecule has 0 saturated carbocycles. The minimum atomic E-state index is -0.226. The molecule has 0 bridgehead atoms. The van der Waals surface area contributed by atoms with Crippen molar-refractivity contribution in [1.29, 1.82) is 0 Å². The standard InChI is InChI=1S/C13H27NO4/c1-10(2)12(5)13(15)18-9-7-14(16)6-8-17-11(3)4/h10-12,14H,6-9H2,1-5H3. The molecule has 0 fully saturated rings. The van der Waals surface area contributed by atoms with Gasteiger partial charge >= 0.3 is 5.97 Å². The molecular formula is C13H27NO4. The number of carbonyl (C=O) groups is 1. The Bertz CT molecular complexity index is 231. The Morgan fingerprint density at radius 2 is 1.67 bits per heavy atom. The Labute approximate surface area is 110 Å². The van der Waals surface area contributed by atoms with Gasteiger partial charge in [-0.15, -0.1) is 0 Å². The SMILES string of the molecule is CC(C)OCC[NH+]([O-])CCOC(=O)C(C)C(C)C. The second kappa shape index (κ2) is 9.30. The summed E-state index contributed by atoms with van der Waals surface area (Å²) in [6, 6.07) is 0. The third-order valence-corrected chi connectivity index (χ3v) is 2.83. The Morgan fingerprint density at radius 3 is 2.17 bits per heavy atom. The van der Waals surface area contributed by atoms with Gasteiger partial charge in [-0.3, -0.25) is 4.79 Å². The van der Waals surface area contributed by atoms with E-state index in [9.17, 15) is 10.0 Å². The average molecular weight is 261 g/mol. The molecule has 0 saturated heterocycles. The van der Waals surface area contributed by atoms with Crippen molar-refractivity contribution in [2.75, 3.05) is 26.3 Å². The second-order valence-electron chi connectivity index (χ2n) is 5.16. The van der Waals surface area contributed by atoms with Gasteiger partial charge in [0, 0.05) is 0 Å². The molecule has 0 amide bonds. The van der Waals surface area contributed by atoms with Gasteiger partial charge in [0.1, 0.15) is 19.7 Å². The lowest BCUT2D eigenvalue weighted by Crippen LogP contribution is -3.08. The number of esters is 1. The Morgan fingerprint density at radius 1 is 1.11 bits per heavy atom. The molecule has 0 heterocycles. The van der Waals surface area contributed by atoms with E-state index >= 15 is 0 Å². The van der Waals surface area contributed by atoms with Crippen LogP contribution in [-0.4, -0.2) is 38.4 Å². The molecule has 108 valence electrons. The molecular weight excluding hydrogens is 234 g/mol. The van der Waals surface area contributed by atoms with E-state index in [2.05, 4.69) is 0 Å². The lowest BCUT2D eigenvalue weighted by molar-refractivity contribution is -0.849. The van der Waals surface area contributed by atoms with E-state index in [1.807, 2.05) is 34.6 Å². The van der Waals surface area contributed by atoms with Crippen LogP contribution in [0.2, 0.25) is 0 Å². The van der Waals surface area contributed by atoms with Crippen LogP contribution in [0.4, 0.5) is 0 Å². The first-order valence-corrected chi connectivity index (χ1v) is 6.64. The van der Waals surface area contributed by atoms with Crippen molar-refractivity contribution in [2.24, 2.45) is 11.8 Å². The monoisotopic (exact) mass is 261 g/mol. The number of rotatable bonds is 9. The summed E-state index contributed by atoms with van der Waals surface area (Å²) >= 11 is 0. The van der Waals surface area contributed by atoms with Crippen LogP contribution in [0.25, 0.3) is 0 Å². The molecule has 0 aliphatic heterocycles. The summed E-state index contributed by atoms with van der Waals surface area (Å²) in [6.07, 6.45) is 0.141. The number of carbonyl (C=O) groups excluding carboxylic acids is 1. The highest BCUT2D eigenvalue weighted by atomic mass is 16.5. The van der Waals surface area contributed by atoms with Gasteiger partial charge in [-0.05, 0) is 19.8 Å². The predicted molar refractivity (Wildman–Crippen MR) is 70.1 cm³/mol. The highest BCUT2D eigenvalue weighted by Gasteiger charge is 2.18. The molecule has 0 spiro atoms. The third-order valence-electron chi connectivity index (χ3n) is 2.83. The molecule has 0 aliphatic carbocycles. The van der Waals surface area contributed by atoms with Crippen LogP contribution >= 0.6 is 0 Å². The van der Waals surface area contributed by atoms with E-state index in [0.717, 1.165) is 0 Å². The lowest BCUT2D eigenvalue weighted by atomic mass is 9.99. The molecule has 0 aromatic carbocycles. The predicted octanol–water partition coefficient (Wildman–Crippen LogP) is 0.629.